The highest BCUT2D eigenvalue weighted by atomic mass is 35.5. The second kappa shape index (κ2) is 5.62. The summed E-state index contributed by atoms with van der Waals surface area (Å²) in [5.74, 6) is -0.0641. The molecule has 2 nitrogen and oxygen atoms in total. The molecule has 0 spiro atoms. The van der Waals surface area contributed by atoms with Crippen LogP contribution in [-0.2, 0) is 6.42 Å². The zero-order valence-electron chi connectivity index (χ0n) is 10.8. The number of benzene rings is 2. The van der Waals surface area contributed by atoms with Crippen molar-refractivity contribution in [3.8, 4) is 5.69 Å². The Morgan fingerprint density at radius 2 is 1.95 bits per heavy atom. The van der Waals surface area contributed by atoms with Gasteiger partial charge in [0, 0.05) is 18.4 Å². The second-order valence-corrected chi connectivity index (χ2v) is 5.29. The summed E-state index contributed by atoms with van der Waals surface area (Å²) < 4.78 is 29.3. The van der Waals surface area contributed by atoms with E-state index >= 15 is 0 Å². The lowest BCUT2D eigenvalue weighted by Gasteiger charge is -2.11. The number of aryl methyl sites for hydroxylation is 1. The fourth-order valence-corrected chi connectivity index (χ4v) is 2.72. The van der Waals surface area contributed by atoms with Gasteiger partial charge in [-0.15, -0.1) is 11.6 Å². The van der Waals surface area contributed by atoms with Crippen LogP contribution in [0.3, 0.4) is 0 Å². The molecule has 1 heterocycles. The van der Waals surface area contributed by atoms with E-state index in [2.05, 4.69) is 4.98 Å². The molecule has 0 aliphatic heterocycles. The number of fused-ring (bicyclic) bond motifs is 1. The minimum Gasteiger partial charge on any atom is -0.292 e. The third kappa shape index (κ3) is 2.49. The van der Waals surface area contributed by atoms with Gasteiger partial charge in [0.05, 0.1) is 16.1 Å². The van der Waals surface area contributed by atoms with Gasteiger partial charge in [0.1, 0.15) is 23.1 Å². The molecular formula is C15H10Cl2F2N2. The van der Waals surface area contributed by atoms with Crippen molar-refractivity contribution in [2.45, 2.75) is 6.42 Å². The van der Waals surface area contributed by atoms with Crippen LogP contribution in [0.2, 0.25) is 5.02 Å². The van der Waals surface area contributed by atoms with Crippen molar-refractivity contribution in [3.05, 3.63) is 58.9 Å². The Kier molecular flexibility index (Phi) is 3.83. The van der Waals surface area contributed by atoms with Gasteiger partial charge in [0.25, 0.3) is 0 Å². The predicted octanol–water partition coefficient (Wildman–Crippen LogP) is 4.74. The highest BCUT2D eigenvalue weighted by molar-refractivity contribution is 6.32. The predicted molar refractivity (Wildman–Crippen MR) is 80.4 cm³/mol. The highest BCUT2D eigenvalue weighted by Crippen LogP contribution is 2.29. The summed E-state index contributed by atoms with van der Waals surface area (Å²) in [7, 11) is 0. The SMILES string of the molecule is Fc1ccc2nc(CCCl)n(-c3c(F)cccc3Cl)c2c1. The molecule has 6 heteroatoms. The van der Waals surface area contributed by atoms with Crippen molar-refractivity contribution in [2.75, 3.05) is 5.88 Å². The normalized spacial score (nSPS) is 11.2. The first-order chi connectivity index (χ1) is 10.1. The minimum atomic E-state index is -0.498. The topological polar surface area (TPSA) is 17.8 Å². The first-order valence-electron chi connectivity index (χ1n) is 6.29. The van der Waals surface area contributed by atoms with E-state index in [0.717, 1.165) is 0 Å². The van der Waals surface area contributed by atoms with E-state index in [-0.39, 0.29) is 10.7 Å². The lowest BCUT2D eigenvalue weighted by Crippen LogP contribution is -2.05. The molecule has 0 radical (unpaired) electrons. The summed E-state index contributed by atoms with van der Waals surface area (Å²) in [4.78, 5) is 4.39. The van der Waals surface area contributed by atoms with Crippen LogP contribution < -0.4 is 0 Å². The van der Waals surface area contributed by atoms with Gasteiger partial charge in [-0.25, -0.2) is 13.8 Å². The standard InChI is InChI=1S/C15H10Cl2F2N2/c16-7-6-14-20-12-5-4-9(18)8-13(12)21(14)15-10(17)2-1-3-11(15)19/h1-5,8H,6-7H2. The van der Waals surface area contributed by atoms with Gasteiger partial charge in [0.2, 0.25) is 0 Å². The quantitative estimate of drug-likeness (QED) is 0.636. The summed E-state index contributed by atoms with van der Waals surface area (Å²) >= 11 is 11.9. The first kappa shape index (κ1) is 14.3. The Hall–Kier alpha value is -1.65. The lowest BCUT2D eigenvalue weighted by molar-refractivity contribution is 0.615. The number of para-hydroxylation sites is 1. The molecule has 0 bridgehead atoms. The number of halogens is 4. The molecule has 0 atom stereocenters. The van der Waals surface area contributed by atoms with Crippen molar-refractivity contribution < 1.29 is 8.78 Å². The van der Waals surface area contributed by atoms with Crippen molar-refractivity contribution in [1.29, 1.82) is 0 Å². The van der Waals surface area contributed by atoms with Gasteiger partial charge in [-0.05, 0) is 24.3 Å². The Morgan fingerprint density at radius 1 is 1.14 bits per heavy atom. The van der Waals surface area contributed by atoms with Crippen molar-refractivity contribution in [3.63, 3.8) is 0 Å². The van der Waals surface area contributed by atoms with Crippen LogP contribution in [0.15, 0.2) is 36.4 Å². The molecule has 0 N–H and O–H groups in total. The van der Waals surface area contributed by atoms with E-state index in [1.807, 2.05) is 0 Å². The molecule has 0 saturated carbocycles. The zero-order valence-corrected chi connectivity index (χ0v) is 12.3. The smallest absolute Gasteiger partial charge is 0.148 e. The third-order valence-electron chi connectivity index (χ3n) is 3.17. The first-order valence-corrected chi connectivity index (χ1v) is 7.20. The molecule has 0 unspecified atom stereocenters. The van der Waals surface area contributed by atoms with Crippen molar-refractivity contribution in [2.24, 2.45) is 0 Å². The van der Waals surface area contributed by atoms with Crippen molar-refractivity contribution >= 4 is 34.2 Å². The van der Waals surface area contributed by atoms with Gasteiger partial charge in [-0.3, -0.25) is 4.57 Å². The van der Waals surface area contributed by atoms with Crippen LogP contribution in [0.4, 0.5) is 8.78 Å². The maximum Gasteiger partial charge on any atom is 0.148 e. The molecule has 108 valence electrons. The molecular weight excluding hydrogens is 317 g/mol. The Bertz CT molecular complexity index is 795. The van der Waals surface area contributed by atoms with E-state index in [0.29, 0.717) is 29.2 Å². The van der Waals surface area contributed by atoms with Gasteiger partial charge < -0.3 is 0 Å². The van der Waals surface area contributed by atoms with E-state index in [4.69, 9.17) is 23.2 Å². The van der Waals surface area contributed by atoms with Crippen LogP contribution in [0, 0.1) is 11.6 Å². The number of rotatable bonds is 3. The Balaban J connectivity index is 2.38. The van der Waals surface area contributed by atoms with Gasteiger partial charge in [0.15, 0.2) is 0 Å². The highest BCUT2D eigenvalue weighted by Gasteiger charge is 2.18. The minimum absolute atomic E-state index is 0.160. The van der Waals surface area contributed by atoms with E-state index < -0.39 is 11.6 Å². The van der Waals surface area contributed by atoms with Gasteiger partial charge in [-0.2, -0.15) is 0 Å². The molecule has 0 aliphatic carbocycles. The van der Waals surface area contributed by atoms with Crippen LogP contribution in [0.25, 0.3) is 16.7 Å². The van der Waals surface area contributed by atoms with E-state index in [1.165, 1.54) is 28.8 Å². The summed E-state index contributed by atoms with van der Waals surface area (Å²) in [5, 5.41) is 0.231. The average Bonchev–Trinajstić information content (AvgIpc) is 2.77. The molecule has 0 aliphatic rings. The number of alkyl halides is 1. The summed E-state index contributed by atoms with van der Waals surface area (Å²) in [6.45, 7) is 0. The number of aromatic nitrogens is 2. The summed E-state index contributed by atoms with van der Waals surface area (Å²) in [6.07, 6.45) is 0.419. The monoisotopic (exact) mass is 326 g/mol. The molecule has 1 aromatic heterocycles. The number of hydrogen-bond donors (Lipinski definition) is 0. The van der Waals surface area contributed by atoms with Crippen LogP contribution >= 0.6 is 23.2 Å². The molecule has 3 aromatic rings. The Morgan fingerprint density at radius 3 is 2.67 bits per heavy atom. The number of imidazole rings is 1. The van der Waals surface area contributed by atoms with Crippen LogP contribution in [0.1, 0.15) is 5.82 Å². The summed E-state index contributed by atoms with van der Waals surface area (Å²) in [5.41, 5.74) is 1.19. The largest absolute Gasteiger partial charge is 0.292 e. The van der Waals surface area contributed by atoms with E-state index in [9.17, 15) is 8.78 Å². The average molecular weight is 327 g/mol. The molecule has 3 rings (SSSR count). The van der Waals surface area contributed by atoms with Gasteiger partial charge in [-0.1, -0.05) is 17.7 Å². The maximum absolute atomic E-state index is 14.2. The van der Waals surface area contributed by atoms with E-state index in [1.54, 1.807) is 12.1 Å². The fraction of sp³-hybridized carbons (Fsp3) is 0.133. The summed E-state index contributed by atoms with van der Waals surface area (Å²) in [6, 6.07) is 8.57. The number of nitrogens with zero attached hydrogens (tertiary/aromatic N) is 2. The molecule has 2 aromatic carbocycles. The molecule has 0 fully saturated rings. The zero-order chi connectivity index (χ0) is 15.0. The molecule has 21 heavy (non-hydrogen) atoms. The van der Waals surface area contributed by atoms with Crippen LogP contribution in [-0.4, -0.2) is 15.4 Å². The third-order valence-corrected chi connectivity index (χ3v) is 3.66. The Labute approximate surface area is 129 Å². The van der Waals surface area contributed by atoms with Crippen molar-refractivity contribution in [1.82, 2.24) is 9.55 Å². The molecule has 0 amide bonds. The van der Waals surface area contributed by atoms with Gasteiger partial charge >= 0.3 is 0 Å². The molecule has 0 saturated heterocycles. The van der Waals surface area contributed by atoms with Crippen LogP contribution in [0.5, 0.6) is 0 Å². The maximum atomic E-state index is 14.2. The lowest BCUT2D eigenvalue weighted by atomic mass is 10.2. The fourth-order valence-electron chi connectivity index (χ4n) is 2.30. The number of hydrogen-bond acceptors (Lipinski definition) is 1. The second-order valence-electron chi connectivity index (χ2n) is 4.51.